The molecule has 0 aliphatic carbocycles. The smallest absolute Gasteiger partial charge is 0.368 e. The number of benzene rings is 1. The van der Waals surface area contributed by atoms with E-state index >= 15 is 0 Å². The Morgan fingerprint density at radius 3 is 2.65 bits per heavy atom. The van der Waals surface area contributed by atoms with Gasteiger partial charge in [-0.05, 0) is 31.4 Å². The topological polar surface area (TPSA) is 72.1 Å². The Kier molecular flexibility index (Phi) is 3.83. The molecule has 5 nitrogen and oxygen atoms in total. The number of anilines is 1. The summed E-state index contributed by atoms with van der Waals surface area (Å²) in [6.45, 7) is 0.436. The Bertz CT molecular complexity index is 747. The number of halogens is 3. The zero-order valence-electron chi connectivity index (χ0n) is 12.2. The Morgan fingerprint density at radius 2 is 1.96 bits per heavy atom. The second-order valence-corrected chi connectivity index (χ2v) is 5.49. The van der Waals surface area contributed by atoms with Crippen LogP contribution in [0.25, 0.3) is 10.9 Å². The van der Waals surface area contributed by atoms with Gasteiger partial charge in [0.2, 0.25) is 11.7 Å². The number of hydrogen-bond donors (Lipinski definition) is 1. The van der Waals surface area contributed by atoms with Gasteiger partial charge in [-0.25, -0.2) is 9.97 Å². The summed E-state index contributed by atoms with van der Waals surface area (Å²) >= 11 is 0. The fourth-order valence-electron chi connectivity index (χ4n) is 2.89. The van der Waals surface area contributed by atoms with Gasteiger partial charge in [0.15, 0.2) is 0 Å². The predicted octanol–water partition coefficient (Wildman–Crippen LogP) is 2.49. The molecule has 1 amide bonds. The van der Waals surface area contributed by atoms with Crippen molar-refractivity contribution in [1.82, 2.24) is 9.97 Å². The van der Waals surface area contributed by atoms with E-state index in [9.17, 15) is 18.0 Å². The number of para-hydroxylation sites is 1. The quantitative estimate of drug-likeness (QED) is 0.921. The maximum Gasteiger partial charge on any atom is 0.451 e. The van der Waals surface area contributed by atoms with Crippen LogP contribution in [-0.2, 0) is 11.0 Å². The lowest BCUT2D eigenvalue weighted by atomic mass is 10.0. The van der Waals surface area contributed by atoms with Gasteiger partial charge in [-0.15, -0.1) is 0 Å². The molecule has 0 bridgehead atoms. The monoisotopic (exact) mass is 324 g/mol. The molecule has 3 rings (SSSR count). The number of amides is 1. The lowest BCUT2D eigenvalue weighted by Gasteiger charge is -2.35. The molecule has 1 aromatic carbocycles. The number of fused-ring (bicyclic) bond motifs is 1. The number of rotatable bonds is 2. The van der Waals surface area contributed by atoms with Gasteiger partial charge in [-0.3, -0.25) is 4.79 Å². The molecule has 1 aliphatic heterocycles. The van der Waals surface area contributed by atoms with Gasteiger partial charge in [0.25, 0.3) is 0 Å². The Labute approximate surface area is 130 Å². The van der Waals surface area contributed by atoms with Crippen LogP contribution in [0.3, 0.4) is 0 Å². The molecule has 23 heavy (non-hydrogen) atoms. The maximum absolute atomic E-state index is 13.1. The first-order valence-electron chi connectivity index (χ1n) is 7.28. The average molecular weight is 324 g/mol. The highest BCUT2D eigenvalue weighted by molar-refractivity contribution is 5.92. The van der Waals surface area contributed by atoms with Crippen molar-refractivity contribution in [1.29, 1.82) is 0 Å². The third-order valence-electron chi connectivity index (χ3n) is 3.94. The van der Waals surface area contributed by atoms with Crippen molar-refractivity contribution < 1.29 is 18.0 Å². The van der Waals surface area contributed by atoms with Gasteiger partial charge >= 0.3 is 6.18 Å². The molecular formula is C15H15F3N4O. The molecule has 2 aromatic rings. The molecule has 1 saturated heterocycles. The summed E-state index contributed by atoms with van der Waals surface area (Å²) in [6, 6.07) is 5.81. The summed E-state index contributed by atoms with van der Waals surface area (Å²) < 4.78 is 39.3. The van der Waals surface area contributed by atoms with Crippen molar-refractivity contribution in [2.45, 2.75) is 31.5 Å². The Balaban J connectivity index is 2.20. The van der Waals surface area contributed by atoms with Gasteiger partial charge in [0.05, 0.1) is 5.52 Å². The fraction of sp³-hybridized carbons (Fsp3) is 0.400. The molecule has 1 aromatic heterocycles. The second-order valence-electron chi connectivity index (χ2n) is 5.49. The number of carbonyl (C=O) groups excluding carboxylic acids is 1. The zero-order valence-corrected chi connectivity index (χ0v) is 12.2. The van der Waals surface area contributed by atoms with E-state index in [4.69, 9.17) is 5.73 Å². The van der Waals surface area contributed by atoms with Gasteiger partial charge in [-0.2, -0.15) is 13.2 Å². The van der Waals surface area contributed by atoms with E-state index in [-0.39, 0.29) is 11.3 Å². The molecule has 8 heteroatoms. The summed E-state index contributed by atoms with van der Waals surface area (Å²) in [5.74, 6) is -1.65. The summed E-state index contributed by atoms with van der Waals surface area (Å²) in [5.41, 5.74) is 5.61. The highest BCUT2D eigenvalue weighted by Gasteiger charge is 2.37. The molecule has 2 N–H and O–H groups in total. The molecule has 1 atom stereocenters. The van der Waals surface area contributed by atoms with Crippen molar-refractivity contribution in [3.63, 3.8) is 0 Å². The van der Waals surface area contributed by atoms with Crippen LogP contribution in [0.2, 0.25) is 0 Å². The van der Waals surface area contributed by atoms with Crippen molar-refractivity contribution in [3.05, 3.63) is 30.1 Å². The number of carbonyl (C=O) groups is 1. The van der Waals surface area contributed by atoms with E-state index in [2.05, 4.69) is 9.97 Å². The Morgan fingerprint density at radius 1 is 1.22 bits per heavy atom. The van der Waals surface area contributed by atoms with Gasteiger partial charge in [0.1, 0.15) is 11.9 Å². The normalized spacial score (nSPS) is 19.1. The van der Waals surface area contributed by atoms with Crippen LogP contribution < -0.4 is 10.6 Å². The lowest BCUT2D eigenvalue weighted by Crippen LogP contribution is -2.48. The predicted molar refractivity (Wildman–Crippen MR) is 78.7 cm³/mol. The molecule has 2 heterocycles. The Hall–Kier alpha value is -2.38. The summed E-state index contributed by atoms with van der Waals surface area (Å²) in [7, 11) is 0. The number of nitrogens with zero attached hydrogens (tertiary/aromatic N) is 3. The van der Waals surface area contributed by atoms with E-state index in [0.29, 0.717) is 18.4 Å². The molecule has 0 saturated carbocycles. The molecule has 1 fully saturated rings. The highest BCUT2D eigenvalue weighted by Crippen LogP contribution is 2.34. The van der Waals surface area contributed by atoms with Gasteiger partial charge in [0, 0.05) is 11.9 Å². The number of primary amides is 1. The van der Waals surface area contributed by atoms with E-state index in [1.807, 2.05) is 0 Å². The van der Waals surface area contributed by atoms with Crippen molar-refractivity contribution >= 4 is 22.6 Å². The van der Waals surface area contributed by atoms with Crippen LogP contribution in [0.4, 0.5) is 19.0 Å². The number of piperidine rings is 1. The largest absolute Gasteiger partial charge is 0.451 e. The second kappa shape index (κ2) is 5.68. The number of hydrogen-bond acceptors (Lipinski definition) is 4. The lowest BCUT2D eigenvalue weighted by molar-refractivity contribution is -0.144. The SMILES string of the molecule is NC(=O)[C@H]1CCCCN1c1nc(C(F)(F)F)nc2ccccc12. The minimum atomic E-state index is -4.66. The molecule has 122 valence electrons. The standard InChI is InChI=1S/C15H15F3N4O/c16-15(17,18)14-20-10-6-2-1-5-9(10)13(21-14)22-8-4-3-7-11(22)12(19)23/h1-2,5-6,11H,3-4,7-8H2,(H2,19,23)/t11-/m1/s1. The highest BCUT2D eigenvalue weighted by atomic mass is 19.4. The summed E-state index contributed by atoms with van der Waals surface area (Å²) in [4.78, 5) is 20.5. The van der Waals surface area contributed by atoms with Crippen molar-refractivity contribution in [3.8, 4) is 0 Å². The first-order chi connectivity index (χ1) is 10.9. The van der Waals surface area contributed by atoms with Crippen LogP contribution in [0, 0.1) is 0 Å². The van der Waals surface area contributed by atoms with Crippen LogP contribution in [0.5, 0.6) is 0 Å². The van der Waals surface area contributed by atoms with E-state index in [0.717, 1.165) is 12.8 Å². The molecule has 0 radical (unpaired) electrons. The number of alkyl halides is 3. The van der Waals surface area contributed by atoms with Crippen molar-refractivity contribution in [2.24, 2.45) is 5.73 Å². The number of aromatic nitrogens is 2. The van der Waals surface area contributed by atoms with E-state index < -0.39 is 23.9 Å². The first kappa shape index (κ1) is 15.5. The fourth-order valence-corrected chi connectivity index (χ4v) is 2.89. The average Bonchev–Trinajstić information content (AvgIpc) is 2.53. The van der Waals surface area contributed by atoms with Gasteiger partial charge in [-0.1, -0.05) is 12.1 Å². The molecular weight excluding hydrogens is 309 g/mol. The minimum Gasteiger partial charge on any atom is -0.368 e. The van der Waals surface area contributed by atoms with Crippen molar-refractivity contribution in [2.75, 3.05) is 11.4 Å². The van der Waals surface area contributed by atoms with E-state index in [1.54, 1.807) is 23.1 Å². The zero-order chi connectivity index (χ0) is 16.6. The third kappa shape index (κ3) is 2.93. The molecule has 0 unspecified atom stereocenters. The van der Waals surface area contributed by atoms with Crippen LogP contribution >= 0.6 is 0 Å². The third-order valence-corrected chi connectivity index (χ3v) is 3.94. The van der Waals surface area contributed by atoms with Crippen LogP contribution in [0.1, 0.15) is 25.1 Å². The van der Waals surface area contributed by atoms with E-state index in [1.165, 1.54) is 6.07 Å². The summed E-state index contributed by atoms with van der Waals surface area (Å²) in [6.07, 6.45) is -2.57. The molecule has 0 spiro atoms. The first-order valence-corrected chi connectivity index (χ1v) is 7.28. The minimum absolute atomic E-state index is 0.117. The molecule has 1 aliphatic rings. The van der Waals surface area contributed by atoms with Gasteiger partial charge < -0.3 is 10.6 Å². The van der Waals surface area contributed by atoms with Crippen LogP contribution in [0.15, 0.2) is 24.3 Å². The maximum atomic E-state index is 13.1. The van der Waals surface area contributed by atoms with Crippen LogP contribution in [-0.4, -0.2) is 28.5 Å². The summed E-state index contributed by atoms with van der Waals surface area (Å²) in [5, 5.41) is 0.480. The number of nitrogens with two attached hydrogens (primary N) is 1.